The van der Waals surface area contributed by atoms with Crippen LogP contribution in [-0.4, -0.2) is 55.4 Å². The number of hydrogen-bond acceptors (Lipinski definition) is 5. The Morgan fingerprint density at radius 3 is 2.23 bits per heavy atom. The van der Waals surface area contributed by atoms with Crippen LogP contribution in [0, 0.1) is 11.3 Å². The molecule has 1 heterocycles. The van der Waals surface area contributed by atoms with Gasteiger partial charge in [-0.15, -0.1) is 0 Å². The van der Waals surface area contributed by atoms with Gasteiger partial charge in [-0.25, -0.2) is 0 Å². The first-order valence-electron chi connectivity index (χ1n) is 10.3. The zero-order valence-electron chi connectivity index (χ0n) is 17.6. The number of carbonyl (C=O) groups is 2. The Bertz CT molecular complexity index is 897. The maximum atomic E-state index is 13.2. The molecular weight excluding hydrogens is 376 g/mol. The summed E-state index contributed by atoms with van der Waals surface area (Å²) in [7, 11) is 0. The fourth-order valence-electron chi connectivity index (χ4n) is 3.79. The van der Waals surface area contributed by atoms with Crippen LogP contribution in [0.3, 0.4) is 0 Å². The zero-order valence-corrected chi connectivity index (χ0v) is 17.6. The van der Waals surface area contributed by atoms with Gasteiger partial charge in [-0.2, -0.15) is 5.26 Å². The number of para-hydroxylation sites is 1. The number of nitriles is 1. The molecule has 0 aliphatic carbocycles. The fraction of sp³-hybridized carbons (Fsp3) is 0.375. The molecule has 0 N–H and O–H groups in total. The zero-order chi connectivity index (χ0) is 21.5. The predicted octanol–water partition coefficient (Wildman–Crippen LogP) is 3.35. The first kappa shape index (κ1) is 21.5. The quantitative estimate of drug-likeness (QED) is 0.662. The molecule has 0 bridgehead atoms. The molecule has 1 saturated heterocycles. The van der Waals surface area contributed by atoms with Crippen LogP contribution in [-0.2, 0) is 4.79 Å². The summed E-state index contributed by atoms with van der Waals surface area (Å²) in [5.74, 6) is 0.0915. The number of piperazine rings is 1. The average molecular weight is 405 g/mol. The Morgan fingerprint density at radius 2 is 1.67 bits per heavy atom. The monoisotopic (exact) mass is 404 g/mol. The van der Waals surface area contributed by atoms with Crippen molar-refractivity contribution in [3.8, 4) is 6.07 Å². The molecule has 0 radical (unpaired) electrons. The minimum Gasteiger partial charge on any atom is -0.369 e. The van der Waals surface area contributed by atoms with Crippen LogP contribution in [0.25, 0.3) is 0 Å². The van der Waals surface area contributed by atoms with Crippen molar-refractivity contribution in [1.29, 1.82) is 5.26 Å². The Hall–Kier alpha value is -3.17. The van der Waals surface area contributed by atoms with Gasteiger partial charge in [0, 0.05) is 49.7 Å². The smallest absolute Gasteiger partial charge is 0.244 e. The molecule has 2 aromatic carbocycles. The molecule has 6 nitrogen and oxygen atoms in total. The largest absolute Gasteiger partial charge is 0.369 e. The molecule has 1 fully saturated rings. The highest BCUT2D eigenvalue weighted by atomic mass is 16.2. The van der Waals surface area contributed by atoms with Gasteiger partial charge in [0.1, 0.15) is 0 Å². The van der Waals surface area contributed by atoms with E-state index in [1.54, 1.807) is 11.8 Å². The summed E-state index contributed by atoms with van der Waals surface area (Å²) >= 11 is 0. The van der Waals surface area contributed by atoms with E-state index in [-0.39, 0.29) is 17.7 Å². The summed E-state index contributed by atoms with van der Waals surface area (Å²) in [5.41, 5.74) is 2.64. The Balaban J connectivity index is 1.63. The molecular formula is C24H28N4O2. The number of carbonyl (C=O) groups excluding carboxylic acids is 2. The molecule has 2 aromatic rings. The molecule has 156 valence electrons. The molecule has 1 aliphatic rings. The van der Waals surface area contributed by atoms with E-state index in [1.807, 2.05) is 61.5 Å². The van der Waals surface area contributed by atoms with E-state index in [0.717, 1.165) is 43.1 Å². The third kappa shape index (κ3) is 5.05. The number of rotatable bonds is 7. The maximum Gasteiger partial charge on any atom is 0.244 e. The topological polar surface area (TPSA) is 67.7 Å². The molecule has 1 atom stereocenters. The molecule has 0 saturated carbocycles. The summed E-state index contributed by atoms with van der Waals surface area (Å²) < 4.78 is 0. The molecule has 6 heteroatoms. The van der Waals surface area contributed by atoms with Crippen molar-refractivity contribution < 1.29 is 9.59 Å². The van der Waals surface area contributed by atoms with Crippen molar-refractivity contribution in [3.05, 3.63) is 60.2 Å². The SMILES string of the molecule is CC(=O)c1ccc(N2CCN([C@@H](C)C(=O)N(CCC#N)c3ccccc3)CC2)cc1. The normalized spacial score (nSPS) is 15.3. The number of ketones is 1. The highest BCUT2D eigenvalue weighted by Gasteiger charge is 2.29. The molecule has 30 heavy (non-hydrogen) atoms. The van der Waals surface area contributed by atoms with Gasteiger partial charge >= 0.3 is 0 Å². The summed E-state index contributed by atoms with van der Waals surface area (Å²) in [6.45, 7) is 7.11. The van der Waals surface area contributed by atoms with Crippen LogP contribution in [0.15, 0.2) is 54.6 Å². The number of nitrogens with zero attached hydrogens (tertiary/aromatic N) is 4. The lowest BCUT2D eigenvalue weighted by molar-refractivity contribution is -0.123. The van der Waals surface area contributed by atoms with Crippen LogP contribution in [0.2, 0.25) is 0 Å². The average Bonchev–Trinajstić information content (AvgIpc) is 2.79. The predicted molar refractivity (Wildman–Crippen MR) is 119 cm³/mol. The van der Waals surface area contributed by atoms with Crippen LogP contribution >= 0.6 is 0 Å². The van der Waals surface area contributed by atoms with Crippen LogP contribution in [0.1, 0.15) is 30.6 Å². The summed E-state index contributed by atoms with van der Waals surface area (Å²) in [4.78, 5) is 30.9. The van der Waals surface area contributed by atoms with Gasteiger partial charge in [0.25, 0.3) is 0 Å². The third-order valence-corrected chi connectivity index (χ3v) is 5.64. The van der Waals surface area contributed by atoms with Crippen LogP contribution in [0.5, 0.6) is 0 Å². The number of amides is 1. The van der Waals surface area contributed by atoms with Crippen molar-refractivity contribution in [2.45, 2.75) is 26.3 Å². The number of hydrogen-bond donors (Lipinski definition) is 0. The fourth-order valence-corrected chi connectivity index (χ4v) is 3.79. The van der Waals surface area contributed by atoms with Gasteiger partial charge in [-0.3, -0.25) is 14.5 Å². The van der Waals surface area contributed by atoms with Crippen molar-refractivity contribution in [2.75, 3.05) is 42.5 Å². The van der Waals surface area contributed by atoms with E-state index >= 15 is 0 Å². The van der Waals surface area contributed by atoms with E-state index in [2.05, 4.69) is 15.9 Å². The van der Waals surface area contributed by atoms with E-state index in [0.29, 0.717) is 13.0 Å². The van der Waals surface area contributed by atoms with Gasteiger partial charge in [-0.1, -0.05) is 18.2 Å². The molecule has 0 unspecified atom stereocenters. The number of Topliss-reactive ketones (excluding diaryl/α,β-unsaturated/α-hetero) is 1. The van der Waals surface area contributed by atoms with Gasteiger partial charge in [0.05, 0.1) is 18.5 Å². The minimum absolute atomic E-state index is 0.0238. The lowest BCUT2D eigenvalue weighted by atomic mass is 10.1. The Morgan fingerprint density at radius 1 is 1.03 bits per heavy atom. The van der Waals surface area contributed by atoms with E-state index in [1.165, 1.54) is 0 Å². The molecule has 0 spiro atoms. The number of anilines is 2. The summed E-state index contributed by atoms with van der Waals surface area (Å²) in [6.07, 6.45) is 0.303. The minimum atomic E-state index is -0.258. The summed E-state index contributed by atoms with van der Waals surface area (Å²) in [5, 5.41) is 8.99. The van der Waals surface area contributed by atoms with Crippen molar-refractivity contribution in [1.82, 2.24) is 4.90 Å². The first-order valence-corrected chi connectivity index (χ1v) is 10.3. The molecule has 1 amide bonds. The first-order chi connectivity index (χ1) is 14.5. The maximum absolute atomic E-state index is 13.2. The van der Waals surface area contributed by atoms with Gasteiger partial charge in [0.15, 0.2) is 5.78 Å². The van der Waals surface area contributed by atoms with Crippen LogP contribution in [0.4, 0.5) is 11.4 Å². The molecule has 0 aromatic heterocycles. The second-order valence-electron chi connectivity index (χ2n) is 7.54. The lowest BCUT2D eigenvalue weighted by Gasteiger charge is -2.40. The van der Waals surface area contributed by atoms with E-state index < -0.39 is 0 Å². The highest BCUT2D eigenvalue weighted by molar-refractivity contribution is 5.97. The summed E-state index contributed by atoms with van der Waals surface area (Å²) in [6, 6.07) is 19.1. The Kier molecular flexibility index (Phi) is 7.21. The highest BCUT2D eigenvalue weighted by Crippen LogP contribution is 2.21. The van der Waals surface area contributed by atoms with Crippen molar-refractivity contribution in [3.63, 3.8) is 0 Å². The van der Waals surface area contributed by atoms with E-state index in [4.69, 9.17) is 5.26 Å². The van der Waals surface area contributed by atoms with Crippen LogP contribution < -0.4 is 9.80 Å². The van der Waals surface area contributed by atoms with E-state index in [9.17, 15) is 9.59 Å². The Labute approximate surface area is 178 Å². The van der Waals surface area contributed by atoms with Gasteiger partial charge in [0.2, 0.25) is 5.91 Å². The molecule has 3 rings (SSSR count). The third-order valence-electron chi connectivity index (χ3n) is 5.64. The van der Waals surface area contributed by atoms with Crippen molar-refractivity contribution in [2.24, 2.45) is 0 Å². The lowest BCUT2D eigenvalue weighted by Crippen LogP contribution is -2.55. The second-order valence-corrected chi connectivity index (χ2v) is 7.54. The van der Waals surface area contributed by atoms with Gasteiger partial charge < -0.3 is 9.80 Å². The molecule has 1 aliphatic heterocycles. The number of benzene rings is 2. The van der Waals surface area contributed by atoms with Gasteiger partial charge in [-0.05, 0) is 50.2 Å². The second kappa shape index (κ2) is 10.0. The standard InChI is InChI=1S/C24H28N4O2/c1-19(24(30)28(14-6-13-25)23-7-4-3-5-8-23)26-15-17-27(18-16-26)22-11-9-21(10-12-22)20(2)29/h3-5,7-12,19H,6,14-18H2,1-2H3/t19-/m0/s1. The van der Waals surface area contributed by atoms with Crippen molar-refractivity contribution >= 4 is 23.1 Å².